The first-order valence-electron chi connectivity index (χ1n) is 5.91. The average Bonchev–Trinajstić information content (AvgIpc) is 2.77. The number of benzene rings is 1. The van der Waals surface area contributed by atoms with E-state index >= 15 is 0 Å². The Balaban J connectivity index is 1.95. The number of hydrogen-bond donors (Lipinski definition) is 1. The molecule has 0 saturated heterocycles. The molecule has 2 N–H and O–H groups in total. The lowest BCUT2D eigenvalue weighted by molar-refractivity contribution is 0.529. The summed E-state index contributed by atoms with van der Waals surface area (Å²) < 4.78 is 5.71. The standard InChI is InChI=1S/C14H18N2OS/c1-14(2,15)10-18-9-13-16-8-12(17-13)11-6-4-3-5-7-11/h3-8H,9-10,15H2,1-2H3. The van der Waals surface area contributed by atoms with Crippen LogP contribution in [0.3, 0.4) is 0 Å². The lowest BCUT2D eigenvalue weighted by Crippen LogP contribution is -2.34. The van der Waals surface area contributed by atoms with E-state index in [1.54, 1.807) is 18.0 Å². The molecule has 96 valence electrons. The van der Waals surface area contributed by atoms with Crippen LogP contribution in [-0.2, 0) is 5.75 Å². The van der Waals surface area contributed by atoms with Gasteiger partial charge in [0.2, 0.25) is 5.89 Å². The van der Waals surface area contributed by atoms with Crippen molar-refractivity contribution in [3.63, 3.8) is 0 Å². The fourth-order valence-corrected chi connectivity index (χ4v) is 2.45. The SMILES string of the molecule is CC(C)(N)CSCc1ncc(-c2ccccc2)o1. The van der Waals surface area contributed by atoms with E-state index in [2.05, 4.69) is 4.98 Å². The van der Waals surface area contributed by atoms with Gasteiger partial charge in [-0.2, -0.15) is 11.8 Å². The van der Waals surface area contributed by atoms with E-state index in [9.17, 15) is 0 Å². The van der Waals surface area contributed by atoms with Gasteiger partial charge >= 0.3 is 0 Å². The summed E-state index contributed by atoms with van der Waals surface area (Å²) in [5, 5.41) is 0. The van der Waals surface area contributed by atoms with Crippen LogP contribution >= 0.6 is 11.8 Å². The summed E-state index contributed by atoms with van der Waals surface area (Å²) in [6.07, 6.45) is 1.78. The third-order valence-corrected chi connectivity index (χ3v) is 3.71. The molecule has 2 rings (SSSR count). The summed E-state index contributed by atoms with van der Waals surface area (Å²) >= 11 is 1.74. The Morgan fingerprint density at radius 1 is 1.28 bits per heavy atom. The Morgan fingerprint density at radius 3 is 2.67 bits per heavy atom. The highest BCUT2D eigenvalue weighted by molar-refractivity contribution is 7.98. The highest BCUT2D eigenvalue weighted by Crippen LogP contribution is 2.22. The smallest absolute Gasteiger partial charge is 0.204 e. The average molecular weight is 262 g/mol. The van der Waals surface area contributed by atoms with E-state index in [0.29, 0.717) is 0 Å². The van der Waals surface area contributed by atoms with E-state index in [1.807, 2.05) is 44.2 Å². The molecular weight excluding hydrogens is 244 g/mol. The molecule has 0 unspecified atom stereocenters. The molecule has 2 aromatic rings. The van der Waals surface area contributed by atoms with Crippen molar-refractivity contribution in [2.45, 2.75) is 25.1 Å². The Kier molecular flexibility index (Phi) is 4.09. The lowest BCUT2D eigenvalue weighted by Gasteiger charge is -2.16. The molecule has 0 spiro atoms. The topological polar surface area (TPSA) is 52.0 Å². The number of hydrogen-bond acceptors (Lipinski definition) is 4. The van der Waals surface area contributed by atoms with Gasteiger partial charge in [-0.25, -0.2) is 4.98 Å². The van der Waals surface area contributed by atoms with Crippen LogP contribution in [0.2, 0.25) is 0 Å². The van der Waals surface area contributed by atoms with Gasteiger partial charge in [-0.05, 0) is 13.8 Å². The lowest BCUT2D eigenvalue weighted by atomic mass is 10.1. The van der Waals surface area contributed by atoms with E-state index < -0.39 is 0 Å². The fourth-order valence-electron chi connectivity index (χ4n) is 1.51. The molecular formula is C14H18N2OS. The number of nitrogens with zero attached hydrogens (tertiary/aromatic N) is 1. The third-order valence-electron chi connectivity index (χ3n) is 2.31. The molecule has 3 nitrogen and oxygen atoms in total. The molecule has 0 radical (unpaired) electrons. The largest absolute Gasteiger partial charge is 0.440 e. The van der Waals surface area contributed by atoms with Crippen LogP contribution in [0.4, 0.5) is 0 Å². The van der Waals surface area contributed by atoms with Crippen LogP contribution in [-0.4, -0.2) is 16.3 Å². The Bertz CT molecular complexity index is 488. The van der Waals surface area contributed by atoms with Gasteiger partial charge in [0, 0.05) is 16.9 Å². The van der Waals surface area contributed by atoms with Crippen molar-refractivity contribution in [1.29, 1.82) is 0 Å². The Labute approximate surface area is 112 Å². The number of aromatic nitrogens is 1. The minimum Gasteiger partial charge on any atom is -0.440 e. The van der Waals surface area contributed by atoms with Gasteiger partial charge in [0.15, 0.2) is 5.76 Å². The fraction of sp³-hybridized carbons (Fsp3) is 0.357. The number of rotatable bonds is 5. The highest BCUT2D eigenvalue weighted by Gasteiger charge is 2.12. The molecule has 0 amide bonds. The monoisotopic (exact) mass is 262 g/mol. The van der Waals surface area contributed by atoms with Gasteiger partial charge in [-0.1, -0.05) is 30.3 Å². The summed E-state index contributed by atoms with van der Waals surface area (Å²) in [5.74, 6) is 3.21. The van der Waals surface area contributed by atoms with Gasteiger partial charge in [-0.3, -0.25) is 0 Å². The van der Waals surface area contributed by atoms with Crippen LogP contribution in [0.15, 0.2) is 40.9 Å². The van der Waals surface area contributed by atoms with Crippen molar-refractivity contribution >= 4 is 11.8 Å². The van der Waals surface area contributed by atoms with Crippen LogP contribution in [0.5, 0.6) is 0 Å². The van der Waals surface area contributed by atoms with Gasteiger partial charge in [-0.15, -0.1) is 0 Å². The summed E-state index contributed by atoms with van der Waals surface area (Å²) in [5.41, 5.74) is 6.83. The number of oxazole rings is 1. The van der Waals surface area contributed by atoms with Crippen molar-refractivity contribution in [3.8, 4) is 11.3 Å². The summed E-state index contributed by atoms with van der Waals surface area (Å²) in [7, 11) is 0. The molecule has 0 aliphatic heterocycles. The minimum absolute atomic E-state index is 0.153. The zero-order chi connectivity index (χ0) is 13.0. The van der Waals surface area contributed by atoms with Gasteiger partial charge < -0.3 is 10.2 Å². The number of thioether (sulfide) groups is 1. The van der Waals surface area contributed by atoms with Gasteiger partial charge in [0.25, 0.3) is 0 Å². The molecule has 0 bridgehead atoms. The molecule has 4 heteroatoms. The third kappa shape index (κ3) is 3.89. The molecule has 1 aromatic carbocycles. The van der Waals surface area contributed by atoms with Crippen molar-refractivity contribution in [1.82, 2.24) is 4.98 Å². The molecule has 0 fully saturated rings. The zero-order valence-corrected chi connectivity index (χ0v) is 11.5. The first-order chi connectivity index (χ1) is 8.54. The normalized spacial score (nSPS) is 11.7. The molecule has 0 aliphatic carbocycles. The maximum absolute atomic E-state index is 5.92. The second-order valence-electron chi connectivity index (χ2n) is 4.97. The molecule has 0 aliphatic rings. The quantitative estimate of drug-likeness (QED) is 0.898. The summed E-state index contributed by atoms with van der Waals surface area (Å²) in [4.78, 5) is 4.28. The maximum atomic E-state index is 5.92. The first kappa shape index (κ1) is 13.2. The first-order valence-corrected chi connectivity index (χ1v) is 7.07. The Morgan fingerprint density at radius 2 is 2.00 bits per heavy atom. The van der Waals surface area contributed by atoms with E-state index in [-0.39, 0.29) is 5.54 Å². The van der Waals surface area contributed by atoms with Crippen LogP contribution in [0.1, 0.15) is 19.7 Å². The van der Waals surface area contributed by atoms with E-state index in [0.717, 1.165) is 28.7 Å². The summed E-state index contributed by atoms with van der Waals surface area (Å²) in [6.45, 7) is 4.04. The predicted octanol–water partition coefficient (Wildman–Crippen LogP) is 3.31. The summed E-state index contributed by atoms with van der Waals surface area (Å²) in [6, 6.07) is 9.99. The van der Waals surface area contributed by atoms with Crippen LogP contribution in [0, 0.1) is 0 Å². The van der Waals surface area contributed by atoms with Crippen molar-refractivity contribution in [2.24, 2.45) is 5.73 Å². The molecule has 1 aromatic heterocycles. The van der Waals surface area contributed by atoms with Crippen LogP contribution < -0.4 is 5.73 Å². The minimum atomic E-state index is -0.153. The second kappa shape index (κ2) is 5.59. The Hall–Kier alpha value is -1.26. The van der Waals surface area contributed by atoms with Crippen LogP contribution in [0.25, 0.3) is 11.3 Å². The van der Waals surface area contributed by atoms with Crippen molar-refractivity contribution in [2.75, 3.05) is 5.75 Å². The highest BCUT2D eigenvalue weighted by atomic mass is 32.2. The maximum Gasteiger partial charge on any atom is 0.204 e. The predicted molar refractivity (Wildman–Crippen MR) is 76.4 cm³/mol. The van der Waals surface area contributed by atoms with Crippen molar-refractivity contribution < 1.29 is 4.42 Å². The molecule has 18 heavy (non-hydrogen) atoms. The van der Waals surface area contributed by atoms with E-state index in [1.165, 1.54) is 0 Å². The number of nitrogens with two attached hydrogens (primary N) is 1. The van der Waals surface area contributed by atoms with E-state index in [4.69, 9.17) is 10.2 Å². The molecule has 0 atom stereocenters. The molecule has 1 heterocycles. The van der Waals surface area contributed by atoms with Crippen molar-refractivity contribution in [3.05, 3.63) is 42.4 Å². The second-order valence-corrected chi connectivity index (χ2v) is 5.95. The van der Waals surface area contributed by atoms with Gasteiger partial charge in [0.05, 0.1) is 11.9 Å². The zero-order valence-electron chi connectivity index (χ0n) is 10.7. The molecule has 0 saturated carbocycles. The van der Waals surface area contributed by atoms with Gasteiger partial charge in [0.1, 0.15) is 0 Å².